The van der Waals surface area contributed by atoms with Gasteiger partial charge in [0.15, 0.2) is 0 Å². The molecule has 3 N–H and O–H groups in total. The quantitative estimate of drug-likeness (QED) is 0.661. The lowest BCUT2D eigenvalue weighted by Crippen LogP contribution is -2.31. The Bertz CT molecular complexity index is 598. The van der Waals surface area contributed by atoms with Crippen molar-refractivity contribution in [2.75, 3.05) is 16.9 Å². The predicted molar refractivity (Wildman–Crippen MR) is 80.6 cm³/mol. The van der Waals surface area contributed by atoms with Gasteiger partial charge in [0.05, 0.1) is 11.3 Å². The molecule has 0 radical (unpaired) electrons. The Labute approximate surface area is 118 Å². The van der Waals surface area contributed by atoms with E-state index in [-0.39, 0.29) is 5.91 Å². The summed E-state index contributed by atoms with van der Waals surface area (Å²) >= 11 is 0. The van der Waals surface area contributed by atoms with Gasteiger partial charge >= 0.3 is 0 Å². The van der Waals surface area contributed by atoms with Crippen LogP contribution in [0.4, 0.5) is 11.4 Å². The van der Waals surface area contributed by atoms with Crippen LogP contribution >= 0.6 is 0 Å². The number of pyridine rings is 1. The van der Waals surface area contributed by atoms with Crippen LogP contribution in [0, 0.1) is 6.92 Å². The molecule has 1 aromatic heterocycles. The van der Waals surface area contributed by atoms with E-state index < -0.39 is 0 Å². The Kier molecular flexibility index (Phi) is 4.32. The maximum Gasteiger partial charge on any atom is 0.261 e. The molecule has 1 amide bonds. The molecule has 0 aliphatic rings. The zero-order valence-corrected chi connectivity index (χ0v) is 11.6. The van der Waals surface area contributed by atoms with Crippen LogP contribution in [-0.4, -0.2) is 17.4 Å². The van der Waals surface area contributed by atoms with Crippen LogP contribution in [0.3, 0.4) is 0 Å². The number of anilines is 2. The van der Waals surface area contributed by atoms with Gasteiger partial charge in [0.2, 0.25) is 0 Å². The molecular weight excluding hydrogens is 252 g/mol. The van der Waals surface area contributed by atoms with E-state index in [2.05, 4.69) is 10.4 Å². The van der Waals surface area contributed by atoms with Crippen molar-refractivity contribution in [2.24, 2.45) is 5.84 Å². The molecule has 104 valence electrons. The molecule has 1 aromatic carbocycles. The van der Waals surface area contributed by atoms with Gasteiger partial charge in [0.1, 0.15) is 0 Å². The van der Waals surface area contributed by atoms with Crippen LogP contribution in [0.2, 0.25) is 0 Å². The lowest BCUT2D eigenvalue weighted by atomic mass is 10.1. The van der Waals surface area contributed by atoms with Crippen molar-refractivity contribution in [1.82, 2.24) is 4.98 Å². The number of para-hydroxylation sites is 1. The number of hydrogen-bond donors (Lipinski definition) is 2. The van der Waals surface area contributed by atoms with E-state index in [1.807, 2.05) is 44.2 Å². The normalized spacial score (nSPS) is 10.2. The van der Waals surface area contributed by atoms with Gasteiger partial charge in [-0.3, -0.25) is 15.6 Å². The average Bonchev–Trinajstić information content (AvgIpc) is 2.48. The molecule has 1 heterocycles. The molecule has 2 aromatic rings. The van der Waals surface area contributed by atoms with E-state index in [4.69, 9.17) is 5.84 Å². The summed E-state index contributed by atoms with van der Waals surface area (Å²) in [7, 11) is 0. The van der Waals surface area contributed by atoms with Gasteiger partial charge in [0.25, 0.3) is 5.91 Å². The summed E-state index contributed by atoms with van der Waals surface area (Å²) in [4.78, 5) is 18.5. The fourth-order valence-electron chi connectivity index (χ4n) is 2.05. The summed E-state index contributed by atoms with van der Waals surface area (Å²) in [5.41, 5.74) is 5.26. The van der Waals surface area contributed by atoms with Crippen molar-refractivity contribution in [2.45, 2.75) is 13.8 Å². The maximum absolute atomic E-state index is 12.7. The number of nitrogens with zero attached hydrogens (tertiary/aromatic N) is 2. The first-order chi connectivity index (χ1) is 9.67. The van der Waals surface area contributed by atoms with Crippen LogP contribution < -0.4 is 16.2 Å². The van der Waals surface area contributed by atoms with Crippen molar-refractivity contribution in [1.29, 1.82) is 0 Å². The summed E-state index contributed by atoms with van der Waals surface area (Å²) < 4.78 is 0. The number of hydrazine groups is 1. The fourth-order valence-corrected chi connectivity index (χ4v) is 2.05. The Morgan fingerprint density at radius 3 is 2.65 bits per heavy atom. The third-order valence-electron chi connectivity index (χ3n) is 3.06. The SMILES string of the molecule is CCN(C(=O)c1cnc(C)cc1NN)c1ccccc1. The number of aromatic nitrogens is 1. The lowest BCUT2D eigenvalue weighted by molar-refractivity contribution is 0.0988. The summed E-state index contributed by atoms with van der Waals surface area (Å²) in [6.45, 7) is 4.35. The minimum atomic E-state index is -0.126. The number of nitrogens with two attached hydrogens (primary N) is 1. The Balaban J connectivity index is 2.39. The standard InChI is InChI=1S/C15H18N4O/c1-3-19(12-7-5-4-6-8-12)15(20)13-10-17-11(2)9-14(13)18-16/h4-10H,3,16H2,1-2H3,(H,17,18). The molecule has 5 heteroatoms. The number of aryl methyl sites for hydroxylation is 1. The van der Waals surface area contributed by atoms with E-state index in [1.165, 1.54) is 0 Å². The van der Waals surface area contributed by atoms with Crippen molar-refractivity contribution in [3.63, 3.8) is 0 Å². The number of nitrogen functional groups attached to an aromatic ring is 1. The first-order valence-corrected chi connectivity index (χ1v) is 6.47. The zero-order chi connectivity index (χ0) is 14.5. The maximum atomic E-state index is 12.7. The highest BCUT2D eigenvalue weighted by Crippen LogP contribution is 2.21. The first-order valence-electron chi connectivity index (χ1n) is 6.47. The predicted octanol–water partition coefficient (Wildman–Crippen LogP) is 2.34. The van der Waals surface area contributed by atoms with E-state index in [0.29, 0.717) is 17.8 Å². The number of carbonyl (C=O) groups excluding carboxylic acids is 1. The summed E-state index contributed by atoms with van der Waals surface area (Å²) in [5, 5.41) is 0. The fraction of sp³-hybridized carbons (Fsp3) is 0.200. The summed E-state index contributed by atoms with van der Waals surface area (Å²) in [6.07, 6.45) is 1.55. The van der Waals surface area contributed by atoms with Gasteiger partial charge in [0, 0.05) is 24.1 Å². The van der Waals surface area contributed by atoms with Crippen LogP contribution in [0.1, 0.15) is 23.0 Å². The third-order valence-corrected chi connectivity index (χ3v) is 3.06. The molecule has 0 spiro atoms. The third kappa shape index (κ3) is 2.78. The Morgan fingerprint density at radius 2 is 2.05 bits per heavy atom. The molecule has 0 atom stereocenters. The van der Waals surface area contributed by atoms with Crippen LogP contribution in [0.25, 0.3) is 0 Å². The second-order valence-corrected chi connectivity index (χ2v) is 4.40. The first kappa shape index (κ1) is 14.0. The van der Waals surface area contributed by atoms with Crippen molar-refractivity contribution in [3.05, 3.63) is 53.9 Å². The van der Waals surface area contributed by atoms with Crippen LogP contribution in [0.5, 0.6) is 0 Å². The largest absolute Gasteiger partial charge is 0.323 e. The van der Waals surface area contributed by atoms with Crippen molar-refractivity contribution >= 4 is 17.3 Å². The molecule has 0 saturated heterocycles. The number of hydrogen-bond acceptors (Lipinski definition) is 4. The Morgan fingerprint density at radius 1 is 1.35 bits per heavy atom. The van der Waals surface area contributed by atoms with Crippen molar-refractivity contribution in [3.8, 4) is 0 Å². The van der Waals surface area contributed by atoms with E-state index >= 15 is 0 Å². The molecule has 0 saturated carbocycles. The second kappa shape index (κ2) is 6.16. The zero-order valence-electron chi connectivity index (χ0n) is 11.6. The van der Waals surface area contributed by atoms with Crippen molar-refractivity contribution < 1.29 is 4.79 Å². The monoisotopic (exact) mass is 270 g/mol. The minimum absolute atomic E-state index is 0.126. The van der Waals surface area contributed by atoms with Gasteiger partial charge in [-0.1, -0.05) is 18.2 Å². The molecule has 2 rings (SSSR count). The highest BCUT2D eigenvalue weighted by atomic mass is 16.2. The van der Waals surface area contributed by atoms with E-state index in [0.717, 1.165) is 11.4 Å². The van der Waals surface area contributed by atoms with Gasteiger partial charge in [-0.15, -0.1) is 0 Å². The number of nitrogens with one attached hydrogen (secondary N) is 1. The van der Waals surface area contributed by atoms with Gasteiger partial charge in [-0.25, -0.2) is 0 Å². The van der Waals surface area contributed by atoms with Gasteiger partial charge in [-0.05, 0) is 32.0 Å². The molecule has 0 aliphatic heterocycles. The molecule has 0 fully saturated rings. The summed E-state index contributed by atoms with van der Waals surface area (Å²) in [6, 6.07) is 11.3. The number of carbonyl (C=O) groups is 1. The molecular formula is C15H18N4O. The lowest BCUT2D eigenvalue weighted by Gasteiger charge is -2.22. The van der Waals surface area contributed by atoms with Crippen LogP contribution in [-0.2, 0) is 0 Å². The average molecular weight is 270 g/mol. The minimum Gasteiger partial charge on any atom is -0.323 e. The Hall–Kier alpha value is -2.40. The second-order valence-electron chi connectivity index (χ2n) is 4.40. The number of benzene rings is 1. The molecule has 5 nitrogen and oxygen atoms in total. The van der Waals surface area contributed by atoms with E-state index in [9.17, 15) is 4.79 Å². The molecule has 0 aliphatic carbocycles. The van der Waals surface area contributed by atoms with Crippen LogP contribution in [0.15, 0.2) is 42.6 Å². The number of rotatable bonds is 4. The van der Waals surface area contributed by atoms with Gasteiger partial charge in [-0.2, -0.15) is 0 Å². The highest BCUT2D eigenvalue weighted by molar-refractivity contribution is 6.09. The smallest absolute Gasteiger partial charge is 0.261 e. The molecule has 0 unspecified atom stereocenters. The van der Waals surface area contributed by atoms with Gasteiger partial charge < -0.3 is 10.3 Å². The number of amides is 1. The highest BCUT2D eigenvalue weighted by Gasteiger charge is 2.19. The topological polar surface area (TPSA) is 71.2 Å². The van der Waals surface area contributed by atoms with E-state index in [1.54, 1.807) is 17.2 Å². The molecule has 20 heavy (non-hydrogen) atoms. The molecule has 0 bridgehead atoms. The summed E-state index contributed by atoms with van der Waals surface area (Å²) in [5.74, 6) is 5.36.